The minimum absolute atomic E-state index is 0.0684. The number of hydrogen-bond donors (Lipinski definition) is 3. The van der Waals surface area contributed by atoms with Crippen LogP contribution >= 0.6 is 0 Å². The fourth-order valence-corrected chi connectivity index (χ4v) is 9.90. The third-order valence-corrected chi connectivity index (χ3v) is 11.5. The van der Waals surface area contributed by atoms with Crippen molar-refractivity contribution in [2.75, 3.05) is 6.54 Å². The molecule has 4 nitrogen and oxygen atoms in total. The molecule has 2 saturated heterocycles. The Labute approximate surface area is 188 Å². The predicted octanol–water partition coefficient (Wildman–Crippen LogP) is 3.91. The fraction of sp³-hybridized carbons (Fsp3) is 0.926. The molecule has 2 aliphatic heterocycles. The van der Waals surface area contributed by atoms with E-state index in [0.29, 0.717) is 53.6 Å². The van der Waals surface area contributed by atoms with Crippen molar-refractivity contribution in [2.24, 2.45) is 46.8 Å². The number of hydrogen-bond acceptors (Lipinski definition) is 4. The van der Waals surface area contributed by atoms with E-state index in [4.69, 9.17) is 4.74 Å². The Balaban J connectivity index is 1.31. The van der Waals surface area contributed by atoms with Crippen LogP contribution in [0.3, 0.4) is 0 Å². The topological polar surface area (TPSA) is 61.7 Å². The Morgan fingerprint density at radius 2 is 1.87 bits per heavy atom. The van der Waals surface area contributed by atoms with E-state index in [2.05, 4.69) is 39.1 Å². The van der Waals surface area contributed by atoms with E-state index in [-0.39, 0.29) is 23.2 Å². The zero-order chi connectivity index (χ0) is 21.7. The summed E-state index contributed by atoms with van der Waals surface area (Å²) in [4.78, 5) is 0. The molecule has 1 spiro atoms. The summed E-state index contributed by atoms with van der Waals surface area (Å²) in [7, 11) is 0. The van der Waals surface area contributed by atoms with E-state index < -0.39 is 0 Å². The number of allylic oxidation sites excluding steroid dienone is 1. The van der Waals surface area contributed by atoms with Gasteiger partial charge in [0.2, 0.25) is 0 Å². The molecule has 2 heterocycles. The third-order valence-electron chi connectivity index (χ3n) is 11.5. The zero-order valence-corrected chi connectivity index (χ0v) is 19.9. The number of piperidine rings is 1. The molecule has 0 aromatic rings. The van der Waals surface area contributed by atoms with Gasteiger partial charge in [0.05, 0.1) is 23.9 Å². The van der Waals surface area contributed by atoms with Crippen LogP contribution in [0.25, 0.3) is 0 Å². The highest BCUT2D eigenvalue weighted by molar-refractivity contribution is 5.28. The molecule has 0 amide bonds. The first-order chi connectivity index (χ1) is 14.8. The lowest BCUT2D eigenvalue weighted by atomic mass is 9.56. The van der Waals surface area contributed by atoms with Crippen LogP contribution in [0.2, 0.25) is 0 Å². The van der Waals surface area contributed by atoms with Gasteiger partial charge in [0.15, 0.2) is 0 Å². The Morgan fingerprint density at radius 3 is 2.68 bits per heavy atom. The van der Waals surface area contributed by atoms with E-state index in [0.717, 1.165) is 38.6 Å². The molecule has 3 N–H and O–H groups in total. The van der Waals surface area contributed by atoms with E-state index in [9.17, 15) is 10.2 Å². The van der Waals surface area contributed by atoms with Crippen LogP contribution in [-0.2, 0) is 4.74 Å². The number of nitrogens with one attached hydrogen (secondary N) is 1. The molecular formula is C27H43NO3. The summed E-state index contributed by atoms with van der Waals surface area (Å²) in [5.74, 6) is 3.50. The number of ether oxygens (including phenoxy) is 1. The van der Waals surface area contributed by atoms with Crippen molar-refractivity contribution in [1.82, 2.24) is 5.32 Å². The first-order valence-electron chi connectivity index (χ1n) is 13.2. The van der Waals surface area contributed by atoms with Crippen LogP contribution in [0.4, 0.5) is 0 Å². The highest BCUT2D eigenvalue weighted by atomic mass is 16.5. The van der Waals surface area contributed by atoms with Crippen LogP contribution in [-0.4, -0.2) is 46.7 Å². The average molecular weight is 430 g/mol. The molecule has 4 aliphatic carbocycles. The van der Waals surface area contributed by atoms with Crippen molar-refractivity contribution in [1.29, 1.82) is 0 Å². The van der Waals surface area contributed by atoms with Crippen LogP contribution < -0.4 is 5.32 Å². The van der Waals surface area contributed by atoms with Crippen LogP contribution in [0.1, 0.15) is 72.6 Å². The Morgan fingerprint density at radius 1 is 1.06 bits per heavy atom. The maximum atomic E-state index is 11.9. The SMILES string of the molecule is C[C@@H]1CN[C@H]2[C@@H](C)[C@@]3(CC[C@H]4[C@@H]5CC=C6C[C@@H](O)CC[C@]6(C)[C@H]5[C@H](O)[C@@H]4[C@H]3C)O[C@@H]2C1. The number of aliphatic hydroxyl groups excluding tert-OH is 2. The lowest BCUT2D eigenvalue weighted by Crippen LogP contribution is -2.54. The maximum Gasteiger partial charge on any atom is 0.0757 e. The van der Waals surface area contributed by atoms with Gasteiger partial charge in [0, 0.05) is 12.0 Å². The van der Waals surface area contributed by atoms with Crippen molar-refractivity contribution in [3.8, 4) is 0 Å². The van der Waals surface area contributed by atoms with Crippen molar-refractivity contribution in [2.45, 2.75) is 103 Å². The maximum absolute atomic E-state index is 11.9. The Bertz CT molecular complexity index is 768. The molecule has 0 bridgehead atoms. The molecule has 4 heteroatoms. The molecule has 0 unspecified atom stereocenters. The largest absolute Gasteiger partial charge is 0.393 e. The summed E-state index contributed by atoms with van der Waals surface area (Å²) in [5, 5.41) is 26.0. The highest BCUT2D eigenvalue weighted by Gasteiger charge is 2.67. The third kappa shape index (κ3) is 2.74. The lowest BCUT2D eigenvalue weighted by molar-refractivity contribution is -0.154. The molecule has 6 aliphatic rings. The number of fused-ring (bicyclic) bond motifs is 6. The summed E-state index contributed by atoms with van der Waals surface area (Å²) >= 11 is 0. The van der Waals surface area contributed by atoms with Gasteiger partial charge in [-0.25, -0.2) is 0 Å². The summed E-state index contributed by atoms with van der Waals surface area (Å²) in [6.07, 6.45) is 9.72. The van der Waals surface area contributed by atoms with Gasteiger partial charge in [0.1, 0.15) is 0 Å². The summed E-state index contributed by atoms with van der Waals surface area (Å²) in [6.45, 7) is 10.7. The molecule has 6 rings (SSSR count). The normalized spacial score (nSPS) is 60.7. The molecule has 0 aromatic heterocycles. The van der Waals surface area contributed by atoms with Crippen molar-refractivity contribution >= 4 is 0 Å². The second-order valence-electron chi connectivity index (χ2n) is 12.7. The van der Waals surface area contributed by atoms with E-state index >= 15 is 0 Å². The molecular weight excluding hydrogens is 386 g/mol. The smallest absolute Gasteiger partial charge is 0.0757 e. The zero-order valence-electron chi connectivity index (χ0n) is 19.9. The monoisotopic (exact) mass is 429 g/mol. The average Bonchev–Trinajstić information content (AvgIpc) is 3.18. The van der Waals surface area contributed by atoms with E-state index in [1.54, 1.807) is 0 Å². The fourth-order valence-electron chi connectivity index (χ4n) is 9.90. The van der Waals surface area contributed by atoms with Gasteiger partial charge in [-0.3, -0.25) is 0 Å². The van der Waals surface area contributed by atoms with Gasteiger partial charge in [0.25, 0.3) is 0 Å². The first kappa shape index (κ1) is 21.1. The molecule has 0 radical (unpaired) electrons. The van der Waals surface area contributed by atoms with Crippen LogP contribution in [0, 0.1) is 46.8 Å². The molecule has 0 aromatic carbocycles. The minimum atomic E-state index is -0.239. The van der Waals surface area contributed by atoms with E-state index in [1.165, 1.54) is 18.4 Å². The number of rotatable bonds is 0. The quantitative estimate of drug-likeness (QED) is 0.511. The molecule has 13 atom stereocenters. The van der Waals surface area contributed by atoms with Gasteiger partial charge in [-0.15, -0.1) is 0 Å². The van der Waals surface area contributed by atoms with Gasteiger partial charge in [-0.2, -0.15) is 0 Å². The van der Waals surface area contributed by atoms with Crippen molar-refractivity contribution < 1.29 is 14.9 Å². The molecule has 174 valence electrons. The standard InChI is InChI=1S/C27H43NO3/c1-14-11-21-24(28-13-14)16(3)27(31-21)10-8-19-20-6-5-17-12-18(29)7-9-26(17,4)23(20)25(30)22(19)15(27)2/h5,14-16,18-25,28-30H,6-13H2,1-4H3/t14-,15+,16+,18-,19-,20-,21+,22+,23+,24-,25+,26-,27-/m0/s1. The highest BCUT2D eigenvalue weighted by Crippen LogP contribution is 2.66. The number of aliphatic hydroxyl groups is 2. The summed E-state index contributed by atoms with van der Waals surface area (Å²) in [5.41, 5.74) is 1.42. The predicted molar refractivity (Wildman–Crippen MR) is 121 cm³/mol. The lowest BCUT2D eigenvalue weighted by Gasteiger charge is -2.49. The van der Waals surface area contributed by atoms with Gasteiger partial charge in [-0.05, 0) is 92.4 Å². The Kier molecular flexibility index (Phi) is 4.80. The van der Waals surface area contributed by atoms with Crippen LogP contribution in [0.15, 0.2) is 11.6 Å². The van der Waals surface area contributed by atoms with E-state index in [1.807, 2.05) is 0 Å². The van der Waals surface area contributed by atoms with Crippen LogP contribution in [0.5, 0.6) is 0 Å². The van der Waals surface area contributed by atoms with Gasteiger partial charge < -0.3 is 20.3 Å². The second kappa shape index (κ2) is 7.04. The molecule has 31 heavy (non-hydrogen) atoms. The second-order valence-corrected chi connectivity index (χ2v) is 12.7. The summed E-state index contributed by atoms with van der Waals surface area (Å²) < 4.78 is 7.02. The van der Waals surface area contributed by atoms with Crippen molar-refractivity contribution in [3.05, 3.63) is 11.6 Å². The molecule has 5 fully saturated rings. The van der Waals surface area contributed by atoms with Crippen molar-refractivity contribution in [3.63, 3.8) is 0 Å². The minimum Gasteiger partial charge on any atom is -0.393 e. The summed E-state index contributed by atoms with van der Waals surface area (Å²) in [6, 6.07) is 0.474. The Hall–Kier alpha value is -0.420. The van der Waals surface area contributed by atoms with Gasteiger partial charge >= 0.3 is 0 Å². The first-order valence-corrected chi connectivity index (χ1v) is 13.2. The van der Waals surface area contributed by atoms with Gasteiger partial charge in [-0.1, -0.05) is 39.3 Å². The molecule has 3 saturated carbocycles.